The van der Waals surface area contributed by atoms with Crippen LogP contribution < -0.4 is 10.2 Å². The quantitative estimate of drug-likeness (QED) is 0.776. The molecule has 0 bridgehead atoms. The van der Waals surface area contributed by atoms with Crippen molar-refractivity contribution in [2.45, 2.75) is 54.0 Å². The van der Waals surface area contributed by atoms with Crippen molar-refractivity contribution in [2.75, 3.05) is 16.8 Å². The average Bonchev–Trinajstić information content (AvgIpc) is 2.81. The van der Waals surface area contributed by atoms with Crippen LogP contribution in [0.5, 0.6) is 0 Å². The number of benzene rings is 1. The third-order valence-electron chi connectivity index (χ3n) is 4.72. The second-order valence-corrected chi connectivity index (χ2v) is 9.54. The minimum Gasteiger partial charge on any atom is -0.358 e. The molecule has 140 valence electrons. The van der Waals surface area contributed by atoms with E-state index >= 15 is 0 Å². The zero-order valence-corrected chi connectivity index (χ0v) is 17.0. The number of halogens is 1. The van der Waals surface area contributed by atoms with Gasteiger partial charge in [-0.15, -0.1) is 11.3 Å². The summed E-state index contributed by atoms with van der Waals surface area (Å²) in [6, 6.07) is 5.07. The van der Waals surface area contributed by atoms with Gasteiger partial charge in [0.15, 0.2) is 0 Å². The Hall–Kier alpha value is -1.88. The summed E-state index contributed by atoms with van der Waals surface area (Å²) in [7, 11) is 0. The van der Waals surface area contributed by atoms with Gasteiger partial charge >= 0.3 is 0 Å². The van der Waals surface area contributed by atoms with Gasteiger partial charge in [0.2, 0.25) is 5.91 Å². The summed E-state index contributed by atoms with van der Waals surface area (Å²) in [5, 5.41) is 4.31. The fraction of sp³-hybridized carbons (Fsp3) is 0.476. The predicted octanol–water partition coefficient (Wildman–Crippen LogP) is 5.44. The van der Waals surface area contributed by atoms with Gasteiger partial charge in [-0.25, -0.2) is 4.39 Å². The summed E-state index contributed by atoms with van der Waals surface area (Å²) in [6.07, 6.45) is 1.34. The molecule has 1 amide bonds. The molecule has 2 aromatic rings. The molecular weight excluding hydrogens is 347 g/mol. The Balaban J connectivity index is 1.80. The van der Waals surface area contributed by atoms with Gasteiger partial charge < -0.3 is 10.2 Å². The van der Waals surface area contributed by atoms with Gasteiger partial charge in [0, 0.05) is 30.0 Å². The van der Waals surface area contributed by atoms with E-state index in [0.717, 1.165) is 41.2 Å². The van der Waals surface area contributed by atoms with Gasteiger partial charge in [0.25, 0.3) is 0 Å². The van der Waals surface area contributed by atoms with Crippen molar-refractivity contribution >= 4 is 27.9 Å². The molecule has 0 unspecified atom stereocenters. The first kappa shape index (κ1) is 18.9. The van der Waals surface area contributed by atoms with Gasteiger partial charge in [-0.05, 0) is 48.9 Å². The molecule has 0 atom stereocenters. The number of carbonyl (C=O) groups excluding carboxylic acids is 1. The Morgan fingerprint density at radius 1 is 1.27 bits per heavy atom. The lowest BCUT2D eigenvalue weighted by atomic mass is 9.92. The monoisotopic (exact) mass is 374 g/mol. The van der Waals surface area contributed by atoms with E-state index in [-0.39, 0.29) is 17.1 Å². The van der Waals surface area contributed by atoms with E-state index in [2.05, 4.69) is 44.8 Å². The Kier molecular flexibility index (Phi) is 5.11. The number of amides is 1. The zero-order chi connectivity index (χ0) is 19.1. The van der Waals surface area contributed by atoms with Gasteiger partial charge in [0.1, 0.15) is 5.82 Å². The molecule has 26 heavy (non-hydrogen) atoms. The lowest BCUT2D eigenvalue weighted by Crippen LogP contribution is -2.30. The third kappa shape index (κ3) is 4.09. The highest BCUT2D eigenvalue weighted by Gasteiger charge is 2.24. The second-order valence-electron chi connectivity index (χ2n) is 8.33. The van der Waals surface area contributed by atoms with Crippen molar-refractivity contribution in [3.05, 3.63) is 45.6 Å². The molecule has 1 aliphatic heterocycles. The number of carbonyl (C=O) groups is 1. The van der Waals surface area contributed by atoms with Crippen LogP contribution in [-0.2, 0) is 17.8 Å². The fourth-order valence-electron chi connectivity index (χ4n) is 3.49. The highest BCUT2D eigenvalue weighted by atomic mass is 32.1. The van der Waals surface area contributed by atoms with E-state index in [1.807, 2.05) is 6.07 Å². The number of nitrogens with zero attached hydrogens (tertiary/aromatic N) is 1. The van der Waals surface area contributed by atoms with Crippen molar-refractivity contribution in [1.29, 1.82) is 0 Å². The lowest BCUT2D eigenvalue weighted by Gasteiger charge is -2.30. The highest BCUT2D eigenvalue weighted by Crippen LogP contribution is 2.41. The average molecular weight is 375 g/mol. The summed E-state index contributed by atoms with van der Waals surface area (Å²) in [5.41, 5.74) is 4.33. The van der Waals surface area contributed by atoms with E-state index in [9.17, 15) is 9.18 Å². The first-order valence-corrected chi connectivity index (χ1v) is 9.88. The van der Waals surface area contributed by atoms with Crippen LogP contribution in [0.25, 0.3) is 0 Å². The van der Waals surface area contributed by atoms with Crippen LogP contribution >= 0.6 is 11.3 Å². The van der Waals surface area contributed by atoms with E-state index < -0.39 is 0 Å². The molecular formula is C21H27FN2OS. The standard InChI is InChI=1S/C21H27FN2OS/c1-13-19(23-18(25)11-21(3,4)5)14(2)26-20(13)24-9-8-15-10-17(22)7-6-16(15)12-24/h6-7,10H,8-9,11-12H2,1-5H3,(H,23,25). The Labute approximate surface area is 159 Å². The minimum absolute atomic E-state index is 0.0312. The van der Waals surface area contributed by atoms with Crippen LogP contribution in [0, 0.1) is 25.1 Å². The maximum atomic E-state index is 13.4. The first-order chi connectivity index (χ1) is 12.1. The smallest absolute Gasteiger partial charge is 0.224 e. The zero-order valence-electron chi connectivity index (χ0n) is 16.2. The number of fused-ring (bicyclic) bond motifs is 1. The van der Waals surface area contributed by atoms with Crippen molar-refractivity contribution in [2.24, 2.45) is 5.41 Å². The molecule has 0 fully saturated rings. The summed E-state index contributed by atoms with van der Waals surface area (Å²) in [6.45, 7) is 12.0. The number of rotatable bonds is 3. The lowest BCUT2D eigenvalue weighted by molar-refractivity contribution is -0.117. The topological polar surface area (TPSA) is 32.3 Å². The molecule has 1 aromatic carbocycles. The number of hydrogen-bond acceptors (Lipinski definition) is 3. The number of thiophene rings is 1. The molecule has 1 aromatic heterocycles. The first-order valence-electron chi connectivity index (χ1n) is 9.06. The molecule has 0 saturated carbocycles. The highest BCUT2D eigenvalue weighted by molar-refractivity contribution is 7.16. The van der Waals surface area contributed by atoms with Crippen LogP contribution in [-0.4, -0.2) is 12.5 Å². The summed E-state index contributed by atoms with van der Waals surface area (Å²) in [4.78, 5) is 15.8. The Bertz CT molecular complexity index is 835. The summed E-state index contributed by atoms with van der Waals surface area (Å²) >= 11 is 1.72. The number of anilines is 2. The molecule has 3 rings (SSSR count). The minimum atomic E-state index is -0.163. The maximum Gasteiger partial charge on any atom is 0.224 e. The van der Waals surface area contributed by atoms with Crippen LogP contribution in [0.2, 0.25) is 0 Å². The van der Waals surface area contributed by atoms with Gasteiger partial charge in [-0.1, -0.05) is 26.8 Å². The predicted molar refractivity (Wildman–Crippen MR) is 108 cm³/mol. The van der Waals surface area contributed by atoms with E-state index in [0.29, 0.717) is 6.42 Å². The molecule has 5 heteroatoms. The van der Waals surface area contributed by atoms with Crippen molar-refractivity contribution in [3.8, 4) is 0 Å². The van der Waals surface area contributed by atoms with Gasteiger partial charge in [0.05, 0.1) is 10.7 Å². The van der Waals surface area contributed by atoms with E-state index in [1.54, 1.807) is 17.4 Å². The van der Waals surface area contributed by atoms with Crippen LogP contribution in [0.4, 0.5) is 15.1 Å². The molecule has 1 N–H and O–H groups in total. The van der Waals surface area contributed by atoms with Crippen molar-refractivity contribution in [3.63, 3.8) is 0 Å². The van der Waals surface area contributed by atoms with E-state index in [4.69, 9.17) is 0 Å². The molecule has 0 aliphatic carbocycles. The van der Waals surface area contributed by atoms with Crippen LogP contribution in [0.15, 0.2) is 18.2 Å². The number of hydrogen-bond donors (Lipinski definition) is 1. The second kappa shape index (κ2) is 7.03. The Morgan fingerprint density at radius 3 is 2.69 bits per heavy atom. The van der Waals surface area contributed by atoms with Gasteiger partial charge in [-0.2, -0.15) is 0 Å². The number of aryl methyl sites for hydroxylation is 1. The molecule has 0 saturated heterocycles. The molecule has 1 aliphatic rings. The van der Waals surface area contributed by atoms with Crippen molar-refractivity contribution < 1.29 is 9.18 Å². The van der Waals surface area contributed by atoms with Crippen molar-refractivity contribution in [1.82, 2.24) is 0 Å². The normalized spacial score (nSPS) is 14.3. The van der Waals surface area contributed by atoms with Crippen LogP contribution in [0.1, 0.15) is 48.8 Å². The number of nitrogens with one attached hydrogen (secondary N) is 1. The molecule has 2 heterocycles. The SMILES string of the molecule is Cc1sc(N2CCc3cc(F)ccc3C2)c(C)c1NC(=O)CC(C)(C)C. The van der Waals surface area contributed by atoms with E-state index in [1.165, 1.54) is 16.6 Å². The largest absolute Gasteiger partial charge is 0.358 e. The molecule has 0 spiro atoms. The summed E-state index contributed by atoms with van der Waals surface area (Å²) in [5.74, 6) is -0.100. The molecule has 0 radical (unpaired) electrons. The Morgan fingerprint density at radius 2 is 2.00 bits per heavy atom. The third-order valence-corrected chi connectivity index (χ3v) is 5.99. The molecule has 3 nitrogen and oxygen atoms in total. The van der Waals surface area contributed by atoms with Crippen LogP contribution in [0.3, 0.4) is 0 Å². The van der Waals surface area contributed by atoms with Gasteiger partial charge in [-0.3, -0.25) is 4.79 Å². The fourth-order valence-corrected chi connectivity index (χ4v) is 4.62. The summed E-state index contributed by atoms with van der Waals surface area (Å²) < 4.78 is 13.4. The maximum absolute atomic E-state index is 13.4.